The molecule has 2 rings (SSSR count). The van der Waals surface area contributed by atoms with Crippen LogP contribution in [0.5, 0.6) is 0 Å². The van der Waals surface area contributed by atoms with Crippen molar-refractivity contribution in [3.63, 3.8) is 0 Å². The molecule has 0 radical (unpaired) electrons. The van der Waals surface area contributed by atoms with E-state index in [0.29, 0.717) is 18.4 Å². The molecule has 104 valence electrons. The standard InChI is InChI=1S/C15H26O3/c1-5-15(13(16)17-6-2)14(18-15)9-7-8-12(10-14)11(3)4/h11-12H,5-10H2,1-4H3. The molecule has 3 unspecified atom stereocenters. The Morgan fingerprint density at radius 1 is 1.44 bits per heavy atom. The van der Waals surface area contributed by atoms with Crippen molar-refractivity contribution in [1.82, 2.24) is 0 Å². The fourth-order valence-corrected chi connectivity index (χ4v) is 3.63. The van der Waals surface area contributed by atoms with Crippen molar-refractivity contribution in [2.75, 3.05) is 6.61 Å². The lowest BCUT2D eigenvalue weighted by Gasteiger charge is -2.31. The molecule has 0 aromatic heterocycles. The topological polar surface area (TPSA) is 38.8 Å². The zero-order valence-electron chi connectivity index (χ0n) is 12.1. The van der Waals surface area contributed by atoms with Gasteiger partial charge in [0.15, 0.2) is 5.60 Å². The van der Waals surface area contributed by atoms with Gasteiger partial charge in [-0.15, -0.1) is 0 Å². The number of rotatable bonds is 4. The van der Waals surface area contributed by atoms with Crippen LogP contribution in [0.4, 0.5) is 0 Å². The predicted octanol–water partition coefficient (Wildman–Crippen LogP) is 3.31. The van der Waals surface area contributed by atoms with Crippen LogP contribution in [0.15, 0.2) is 0 Å². The van der Waals surface area contributed by atoms with Gasteiger partial charge in [0.1, 0.15) is 5.60 Å². The van der Waals surface area contributed by atoms with Crippen molar-refractivity contribution in [2.45, 2.75) is 71.0 Å². The molecule has 0 aromatic carbocycles. The van der Waals surface area contributed by atoms with Crippen molar-refractivity contribution >= 4 is 5.97 Å². The van der Waals surface area contributed by atoms with Crippen LogP contribution in [0, 0.1) is 11.8 Å². The minimum Gasteiger partial charge on any atom is -0.464 e. The molecule has 1 saturated carbocycles. The van der Waals surface area contributed by atoms with Gasteiger partial charge in [0, 0.05) is 0 Å². The summed E-state index contributed by atoms with van der Waals surface area (Å²) in [6.45, 7) is 8.86. The monoisotopic (exact) mass is 254 g/mol. The van der Waals surface area contributed by atoms with Gasteiger partial charge in [-0.1, -0.05) is 27.2 Å². The number of esters is 1. The summed E-state index contributed by atoms with van der Waals surface area (Å²) >= 11 is 0. The first-order chi connectivity index (χ1) is 8.51. The van der Waals surface area contributed by atoms with Crippen LogP contribution in [0.2, 0.25) is 0 Å². The molecular weight excluding hydrogens is 228 g/mol. The highest BCUT2D eigenvalue weighted by Crippen LogP contribution is 2.60. The van der Waals surface area contributed by atoms with Gasteiger partial charge >= 0.3 is 5.97 Å². The lowest BCUT2D eigenvalue weighted by Crippen LogP contribution is -2.39. The Bertz CT molecular complexity index is 326. The lowest BCUT2D eigenvalue weighted by molar-refractivity contribution is -0.149. The minimum atomic E-state index is -0.628. The summed E-state index contributed by atoms with van der Waals surface area (Å²) in [6, 6.07) is 0. The van der Waals surface area contributed by atoms with Gasteiger partial charge < -0.3 is 9.47 Å². The molecule has 1 aliphatic carbocycles. The van der Waals surface area contributed by atoms with E-state index >= 15 is 0 Å². The Balaban J connectivity index is 2.11. The Morgan fingerprint density at radius 3 is 2.72 bits per heavy atom. The van der Waals surface area contributed by atoms with E-state index in [4.69, 9.17) is 9.47 Å². The van der Waals surface area contributed by atoms with Gasteiger partial charge in [0.2, 0.25) is 0 Å². The van der Waals surface area contributed by atoms with Gasteiger partial charge in [-0.2, -0.15) is 0 Å². The summed E-state index contributed by atoms with van der Waals surface area (Å²) in [5, 5.41) is 0. The second kappa shape index (κ2) is 4.84. The SMILES string of the molecule is CCOC(=O)C1(CC)OC12CCCC(C(C)C)C2. The van der Waals surface area contributed by atoms with Crippen LogP contribution < -0.4 is 0 Å². The van der Waals surface area contributed by atoms with E-state index in [1.807, 2.05) is 13.8 Å². The molecule has 3 atom stereocenters. The Hall–Kier alpha value is -0.570. The van der Waals surface area contributed by atoms with Gasteiger partial charge in [0.25, 0.3) is 0 Å². The van der Waals surface area contributed by atoms with E-state index in [-0.39, 0.29) is 11.6 Å². The van der Waals surface area contributed by atoms with Gasteiger partial charge in [0.05, 0.1) is 6.61 Å². The van der Waals surface area contributed by atoms with Crippen LogP contribution in [-0.4, -0.2) is 23.8 Å². The summed E-state index contributed by atoms with van der Waals surface area (Å²) in [4.78, 5) is 12.2. The van der Waals surface area contributed by atoms with Crippen molar-refractivity contribution in [2.24, 2.45) is 11.8 Å². The zero-order valence-corrected chi connectivity index (χ0v) is 12.1. The molecule has 1 saturated heterocycles. The van der Waals surface area contributed by atoms with Crippen molar-refractivity contribution in [3.05, 3.63) is 0 Å². The summed E-state index contributed by atoms with van der Waals surface area (Å²) in [7, 11) is 0. The maximum atomic E-state index is 12.2. The molecule has 1 heterocycles. The molecule has 0 N–H and O–H groups in total. The Kier molecular flexibility index (Phi) is 3.72. The maximum Gasteiger partial charge on any atom is 0.341 e. The molecule has 3 heteroatoms. The number of carbonyl (C=O) groups is 1. The van der Waals surface area contributed by atoms with Crippen molar-refractivity contribution in [3.8, 4) is 0 Å². The third-order valence-electron chi connectivity index (χ3n) is 4.86. The van der Waals surface area contributed by atoms with Gasteiger partial charge in [-0.25, -0.2) is 4.79 Å². The third-order valence-corrected chi connectivity index (χ3v) is 4.86. The summed E-state index contributed by atoms with van der Waals surface area (Å²) < 4.78 is 11.2. The molecular formula is C15H26O3. The first-order valence-corrected chi connectivity index (χ1v) is 7.38. The molecule has 3 nitrogen and oxygen atoms in total. The molecule has 0 bridgehead atoms. The van der Waals surface area contributed by atoms with Crippen LogP contribution in [0.25, 0.3) is 0 Å². The average molecular weight is 254 g/mol. The Morgan fingerprint density at radius 2 is 2.17 bits per heavy atom. The zero-order chi connectivity index (χ0) is 13.4. The summed E-state index contributed by atoms with van der Waals surface area (Å²) in [5.74, 6) is 1.21. The van der Waals surface area contributed by atoms with Gasteiger partial charge in [-0.05, 0) is 44.4 Å². The second-order valence-electron chi connectivity index (χ2n) is 6.10. The molecule has 0 amide bonds. The second-order valence-corrected chi connectivity index (χ2v) is 6.10. The molecule has 1 aliphatic heterocycles. The van der Waals surface area contributed by atoms with E-state index in [1.165, 1.54) is 12.8 Å². The first kappa shape index (κ1) is 13.9. The van der Waals surface area contributed by atoms with E-state index in [0.717, 1.165) is 19.3 Å². The molecule has 18 heavy (non-hydrogen) atoms. The van der Waals surface area contributed by atoms with E-state index in [2.05, 4.69) is 13.8 Å². The van der Waals surface area contributed by atoms with Crippen molar-refractivity contribution in [1.29, 1.82) is 0 Å². The highest BCUT2D eigenvalue weighted by atomic mass is 16.7. The number of epoxide rings is 1. The Labute approximate surface area is 110 Å². The normalized spacial score (nSPS) is 39.1. The average Bonchev–Trinajstić information content (AvgIpc) is 2.98. The first-order valence-electron chi connectivity index (χ1n) is 7.38. The molecule has 1 spiro atoms. The third kappa shape index (κ3) is 1.97. The van der Waals surface area contributed by atoms with Crippen LogP contribution in [0.1, 0.15) is 59.8 Å². The smallest absolute Gasteiger partial charge is 0.341 e. The van der Waals surface area contributed by atoms with E-state index < -0.39 is 5.60 Å². The lowest BCUT2D eigenvalue weighted by atomic mass is 9.71. The molecule has 0 aromatic rings. The fraction of sp³-hybridized carbons (Fsp3) is 0.933. The van der Waals surface area contributed by atoms with E-state index in [1.54, 1.807) is 0 Å². The van der Waals surface area contributed by atoms with E-state index in [9.17, 15) is 4.79 Å². The number of ether oxygens (including phenoxy) is 2. The number of hydrogen-bond acceptors (Lipinski definition) is 3. The number of hydrogen-bond donors (Lipinski definition) is 0. The fourth-order valence-electron chi connectivity index (χ4n) is 3.63. The van der Waals surface area contributed by atoms with Crippen LogP contribution in [-0.2, 0) is 14.3 Å². The quantitative estimate of drug-likeness (QED) is 0.570. The largest absolute Gasteiger partial charge is 0.464 e. The highest BCUT2D eigenvalue weighted by molar-refractivity contribution is 5.85. The maximum absolute atomic E-state index is 12.2. The van der Waals surface area contributed by atoms with Crippen LogP contribution >= 0.6 is 0 Å². The van der Waals surface area contributed by atoms with Crippen molar-refractivity contribution < 1.29 is 14.3 Å². The molecule has 2 aliphatic rings. The summed E-state index contributed by atoms with van der Waals surface area (Å²) in [5.41, 5.74) is -0.836. The predicted molar refractivity (Wildman–Crippen MR) is 70.3 cm³/mol. The van der Waals surface area contributed by atoms with Gasteiger partial charge in [-0.3, -0.25) is 0 Å². The summed E-state index contributed by atoms with van der Waals surface area (Å²) in [6.07, 6.45) is 5.21. The number of carbonyl (C=O) groups excluding carboxylic acids is 1. The van der Waals surface area contributed by atoms with Crippen LogP contribution in [0.3, 0.4) is 0 Å². The molecule has 2 fully saturated rings. The minimum absolute atomic E-state index is 0.142. The highest BCUT2D eigenvalue weighted by Gasteiger charge is 2.74.